The third kappa shape index (κ3) is 8.51. The highest BCUT2D eigenvalue weighted by atomic mass is 32.2. The van der Waals surface area contributed by atoms with Crippen molar-refractivity contribution in [1.29, 1.82) is 0 Å². The summed E-state index contributed by atoms with van der Waals surface area (Å²) in [6.07, 6.45) is 4.29. The van der Waals surface area contributed by atoms with E-state index in [0.717, 1.165) is 12.8 Å². The third-order valence-corrected chi connectivity index (χ3v) is 3.19. The lowest BCUT2D eigenvalue weighted by atomic mass is 10.1. The first-order chi connectivity index (χ1) is 6.35. The minimum atomic E-state index is -2.81. The number of hydrogen-bond donors (Lipinski definition) is 1. The second-order valence-electron chi connectivity index (χ2n) is 4.18. The minimum absolute atomic E-state index is 0.278. The van der Waals surface area contributed by atoms with Gasteiger partial charge in [0.2, 0.25) is 0 Å². The van der Waals surface area contributed by atoms with E-state index in [1.54, 1.807) is 0 Å². The Morgan fingerprint density at radius 1 is 1.14 bits per heavy atom. The maximum atomic E-state index is 10.9. The monoisotopic (exact) mass is 221 g/mol. The zero-order valence-electron chi connectivity index (χ0n) is 9.71. The van der Waals surface area contributed by atoms with Crippen molar-refractivity contribution in [1.82, 2.24) is 5.32 Å². The fraction of sp³-hybridized carbons (Fsp3) is 1.00. The lowest BCUT2D eigenvalue weighted by molar-refractivity contribution is 0.435. The van der Waals surface area contributed by atoms with Crippen molar-refractivity contribution in [2.75, 3.05) is 12.0 Å². The van der Waals surface area contributed by atoms with Gasteiger partial charge in [0.1, 0.15) is 9.84 Å². The van der Waals surface area contributed by atoms with Crippen LogP contribution in [0.2, 0.25) is 0 Å². The highest BCUT2D eigenvalue weighted by molar-refractivity contribution is 7.90. The van der Waals surface area contributed by atoms with Gasteiger partial charge in [-0.15, -0.1) is 0 Å². The Labute approximate surface area is 88.2 Å². The molecule has 0 rings (SSSR count). The van der Waals surface area contributed by atoms with Crippen LogP contribution in [0.3, 0.4) is 0 Å². The summed E-state index contributed by atoms with van der Waals surface area (Å²) in [5, 5.41) is 3.39. The summed E-state index contributed by atoms with van der Waals surface area (Å²) in [5.41, 5.74) is 0. The van der Waals surface area contributed by atoms with E-state index >= 15 is 0 Å². The fourth-order valence-corrected chi connectivity index (χ4v) is 2.26. The predicted octanol–water partition coefficient (Wildman–Crippen LogP) is 1.59. The van der Waals surface area contributed by atoms with Gasteiger partial charge in [-0.05, 0) is 26.7 Å². The van der Waals surface area contributed by atoms with Crippen molar-refractivity contribution in [3.05, 3.63) is 0 Å². The topological polar surface area (TPSA) is 46.2 Å². The zero-order chi connectivity index (χ0) is 11.2. The molecule has 0 aliphatic rings. The summed E-state index contributed by atoms with van der Waals surface area (Å²) < 4.78 is 21.8. The van der Waals surface area contributed by atoms with E-state index < -0.39 is 9.84 Å². The van der Waals surface area contributed by atoms with Crippen LogP contribution in [-0.4, -0.2) is 32.5 Å². The molecule has 0 fully saturated rings. The first-order valence-electron chi connectivity index (χ1n) is 5.29. The number of hydrogen-bond acceptors (Lipinski definition) is 3. The van der Waals surface area contributed by atoms with Crippen LogP contribution in [0.1, 0.15) is 40.0 Å². The molecule has 0 aromatic heterocycles. The van der Waals surface area contributed by atoms with Crippen LogP contribution in [-0.2, 0) is 9.84 Å². The molecule has 14 heavy (non-hydrogen) atoms. The zero-order valence-corrected chi connectivity index (χ0v) is 10.5. The van der Waals surface area contributed by atoms with Crippen LogP contribution in [0.25, 0.3) is 0 Å². The SMILES string of the molecule is CCCC(C)NC(C)CCS(C)(=O)=O. The van der Waals surface area contributed by atoms with Crippen LogP contribution in [0.15, 0.2) is 0 Å². The lowest BCUT2D eigenvalue weighted by Gasteiger charge is -2.19. The third-order valence-electron chi connectivity index (χ3n) is 2.21. The molecule has 0 saturated carbocycles. The quantitative estimate of drug-likeness (QED) is 0.710. The summed E-state index contributed by atoms with van der Waals surface area (Å²) in [4.78, 5) is 0. The van der Waals surface area contributed by atoms with Crippen LogP contribution in [0.5, 0.6) is 0 Å². The smallest absolute Gasteiger partial charge is 0.147 e. The normalized spacial score (nSPS) is 16.6. The number of sulfone groups is 1. The van der Waals surface area contributed by atoms with E-state index in [1.165, 1.54) is 6.26 Å². The molecule has 0 saturated heterocycles. The molecule has 0 bridgehead atoms. The first kappa shape index (κ1) is 13.9. The van der Waals surface area contributed by atoms with E-state index in [0.29, 0.717) is 12.5 Å². The highest BCUT2D eigenvalue weighted by Gasteiger charge is 2.09. The van der Waals surface area contributed by atoms with Crippen LogP contribution >= 0.6 is 0 Å². The number of nitrogens with one attached hydrogen (secondary N) is 1. The Hall–Kier alpha value is -0.0900. The molecule has 2 unspecified atom stereocenters. The summed E-state index contributed by atoms with van der Waals surface area (Å²) in [5.74, 6) is 0.278. The van der Waals surface area contributed by atoms with Crippen LogP contribution in [0, 0.1) is 0 Å². The molecule has 0 radical (unpaired) electrons. The summed E-state index contributed by atoms with van der Waals surface area (Å²) in [6.45, 7) is 6.33. The molecule has 0 spiro atoms. The molecule has 0 amide bonds. The molecule has 1 N–H and O–H groups in total. The van der Waals surface area contributed by atoms with E-state index in [4.69, 9.17) is 0 Å². The standard InChI is InChI=1S/C10H23NO2S/c1-5-6-9(2)11-10(3)7-8-14(4,12)13/h9-11H,5-8H2,1-4H3. The van der Waals surface area contributed by atoms with Gasteiger partial charge in [-0.1, -0.05) is 13.3 Å². The molecule has 2 atom stereocenters. The Morgan fingerprint density at radius 3 is 2.07 bits per heavy atom. The minimum Gasteiger partial charge on any atom is -0.312 e. The lowest BCUT2D eigenvalue weighted by Crippen LogP contribution is -2.35. The van der Waals surface area contributed by atoms with E-state index in [1.807, 2.05) is 6.92 Å². The van der Waals surface area contributed by atoms with E-state index in [-0.39, 0.29) is 11.8 Å². The number of rotatable bonds is 7. The van der Waals surface area contributed by atoms with Crippen LogP contribution < -0.4 is 5.32 Å². The molecule has 86 valence electrons. The predicted molar refractivity (Wildman–Crippen MR) is 61.3 cm³/mol. The molecule has 3 nitrogen and oxygen atoms in total. The van der Waals surface area contributed by atoms with E-state index in [2.05, 4.69) is 19.2 Å². The Kier molecular flexibility index (Phi) is 6.36. The molecule has 0 aliphatic carbocycles. The van der Waals surface area contributed by atoms with Crippen molar-refractivity contribution < 1.29 is 8.42 Å². The molecule has 4 heteroatoms. The molecule has 0 aromatic carbocycles. The fourth-order valence-electron chi connectivity index (χ4n) is 1.48. The maximum Gasteiger partial charge on any atom is 0.147 e. The summed E-state index contributed by atoms with van der Waals surface area (Å²) in [6, 6.07) is 0.765. The maximum absolute atomic E-state index is 10.9. The second kappa shape index (κ2) is 6.40. The average Bonchev–Trinajstić information content (AvgIpc) is 2.00. The molecule has 0 aromatic rings. The van der Waals surface area contributed by atoms with Gasteiger partial charge in [0.05, 0.1) is 5.75 Å². The van der Waals surface area contributed by atoms with Gasteiger partial charge in [0.25, 0.3) is 0 Å². The summed E-state index contributed by atoms with van der Waals surface area (Å²) >= 11 is 0. The van der Waals surface area contributed by atoms with Crippen LogP contribution in [0.4, 0.5) is 0 Å². The Morgan fingerprint density at radius 2 is 1.64 bits per heavy atom. The van der Waals surface area contributed by atoms with Crippen molar-refractivity contribution in [3.63, 3.8) is 0 Å². The van der Waals surface area contributed by atoms with Gasteiger partial charge in [-0.25, -0.2) is 8.42 Å². The van der Waals surface area contributed by atoms with Gasteiger partial charge in [-0.3, -0.25) is 0 Å². The molecule has 0 heterocycles. The van der Waals surface area contributed by atoms with Crippen molar-refractivity contribution in [2.24, 2.45) is 0 Å². The van der Waals surface area contributed by atoms with Gasteiger partial charge >= 0.3 is 0 Å². The van der Waals surface area contributed by atoms with Gasteiger partial charge in [-0.2, -0.15) is 0 Å². The molecular formula is C10H23NO2S. The molecular weight excluding hydrogens is 198 g/mol. The summed E-state index contributed by atoms with van der Waals surface area (Å²) in [7, 11) is -2.81. The van der Waals surface area contributed by atoms with E-state index in [9.17, 15) is 8.42 Å². The largest absolute Gasteiger partial charge is 0.312 e. The Bertz CT molecular complexity index is 237. The van der Waals surface area contributed by atoms with Crippen molar-refractivity contribution in [2.45, 2.75) is 52.1 Å². The molecule has 0 aliphatic heterocycles. The van der Waals surface area contributed by atoms with Crippen molar-refractivity contribution in [3.8, 4) is 0 Å². The van der Waals surface area contributed by atoms with Gasteiger partial charge in [0.15, 0.2) is 0 Å². The van der Waals surface area contributed by atoms with Crippen molar-refractivity contribution >= 4 is 9.84 Å². The highest BCUT2D eigenvalue weighted by Crippen LogP contribution is 2.00. The van der Waals surface area contributed by atoms with Gasteiger partial charge < -0.3 is 5.32 Å². The average molecular weight is 221 g/mol. The second-order valence-corrected chi connectivity index (χ2v) is 6.44. The first-order valence-corrected chi connectivity index (χ1v) is 7.35. The Balaban J connectivity index is 3.70. The van der Waals surface area contributed by atoms with Gasteiger partial charge in [0, 0.05) is 18.3 Å².